The van der Waals surface area contributed by atoms with E-state index in [1.807, 2.05) is 0 Å². The monoisotopic (exact) mass is 304 g/mol. The molecule has 2 aliphatic heterocycles. The topological polar surface area (TPSA) is 18.5 Å². The fourth-order valence-corrected chi connectivity index (χ4v) is 5.29. The zero-order chi connectivity index (χ0) is 16.3. The molecule has 0 aromatic heterocycles. The molecule has 6 atom stereocenters. The van der Waals surface area contributed by atoms with Crippen molar-refractivity contribution in [2.24, 2.45) is 23.2 Å². The van der Waals surface area contributed by atoms with E-state index < -0.39 is 0 Å². The molecule has 2 heterocycles. The summed E-state index contributed by atoms with van der Waals surface area (Å²) in [6, 6.07) is 0. The fourth-order valence-electron chi connectivity index (χ4n) is 5.29. The summed E-state index contributed by atoms with van der Waals surface area (Å²) < 4.78 is 13.2. The molecule has 2 nitrogen and oxygen atoms in total. The molecule has 3 rings (SSSR count). The van der Waals surface area contributed by atoms with E-state index in [9.17, 15) is 0 Å². The largest absolute Gasteiger partial charge is 0.345 e. The molecule has 0 aromatic carbocycles. The normalized spacial score (nSPS) is 50.0. The minimum atomic E-state index is -0.376. The van der Waals surface area contributed by atoms with Crippen molar-refractivity contribution in [2.75, 3.05) is 0 Å². The Bertz CT molecular complexity index is 494. The van der Waals surface area contributed by atoms with Gasteiger partial charge in [-0.2, -0.15) is 0 Å². The quantitative estimate of drug-likeness (QED) is 0.661. The smallest absolute Gasteiger partial charge is 0.172 e. The zero-order valence-electron chi connectivity index (χ0n) is 14.9. The second-order valence-corrected chi connectivity index (χ2v) is 8.78. The van der Waals surface area contributed by atoms with Crippen LogP contribution in [0.25, 0.3) is 0 Å². The van der Waals surface area contributed by atoms with E-state index >= 15 is 0 Å². The predicted molar refractivity (Wildman–Crippen MR) is 90.5 cm³/mol. The van der Waals surface area contributed by atoms with Crippen LogP contribution >= 0.6 is 0 Å². The summed E-state index contributed by atoms with van der Waals surface area (Å²) in [5.41, 5.74) is 1.24. The molecular formula is C20H32O2. The Morgan fingerprint density at radius 2 is 1.86 bits per heavy atom. The summed E-state index contributed by atoms with van der Waals surface area (Å²) in [5.74, 6) is 0.996. The molecule has 3 aliphatic rings. The Labute approximate surface area is 136 Å². The molecule has 3 fully saturated rings. The van der Waals surface area contributed by atoms with E-state index in [1.165, 1.54) is 18.4 Å². The molecule has 0 unspecified atom stereocenters. The second kappa shape index (κ2) is 4.95. The molecule has 0 bridgehead atoms. The standard InChI is InChI=1S/C20H32O2/c1-8-19(7)10-9-15-14(4)20(12-11-18(5,6)22-20)21-17(15)16(19)13(2)3/h8,14-17H,1-2,9-12H2,3-7H3/t14-,15-,16-,17+,19+,20-/m1/s1. The molecule has 124 valence electrons. The van der Waals surface area contributed by atoms with Crippen LogP contribution in [0.4, 0.5) is 0 Å². The Hall–Kier alpha value is -0.600. The third kappa shape index (κ3) is 2.22. The van der Waals surface area contributed by atoms with Gasteiger partial charge in [-0.05, 0) is 51.4 Å². The van der Waals surface area contributed by atoms with Crippen LogP contribution < -0.4 is 0 Å². The summed E-state index contributed by atoms with van der Waals surface area (Å²) in [6.07, 6.45) is 6.81. The van der Waals surface area contributed by atoms with Crippen LogP contribution in [-0.2, 0) is 9.47 Å². The highest BCUT2D eigenvalue weighted by molar-refractivity contribution is 5.18. The van der Waals surface area contributed by atoms with Gasteiger partial charge in [0.2, 0.25) is 0 Å². The first kappa shape index (κ1) is 16.3. The van der Waals surface area contributed by atoms with Gasteiger partial charge >= 0.3 is 0 Å². The van der Waals surface area contributed by atoms with Crippen LogP contribution in [0.2, 0.25) is 0 Å². The molecule has 0 N–H and O–H groups in total. The molecular weight excluding hydrogens is 272 g/mol. The third-order valence-electron chi connectivity index (χ3n) is 6.67. The molecule has 1 saturated carbocycles. The number of fused-ring (bicyclic) bond motifs is 1. The average Bonchev–Trinajstić information content (AvgIpc) is 2.87. The summed E-state index contributed by atoms with van der Waals surface area (Å²) in [5, 5.41) is 0. The van der Waals surface area contributed by atoms with Gasteiger partial charge in [-0.1, -0.05) is 32.1 Å². The van der Waals surface area contributed by atoms with Crippen molar-refractivity contribution in [3.8, 4) is 0 Å². The van der Waals surface area contributed by atoms with Crippen molar-refractivity contribution in [2.45, 2.75) is 77.8 Å². The second-order valence-electron chi connectivity index (χ2n) is 8.78. The van der Waals surface area contributed by atoms with E-state index in [4.69, 9.17) is 9.47 Å². The van der Waals surface area contributed by atoms with Crippen molar-refractivity contribution >= 4 is 0 Å². The lowest BCUT2D eigenvalue weighted by molar-refractivity contribution is -0.256. The maximum absolute atomic E-state index is 6.70. The van der Waals surface area contributed by atoms with Gasteiger partial charge in [-0.3, -0.25) is 0 Å². The first-order valence-corrected chi connectivity index (χ1v) is 8.81. The minimum Gasteiger partial charge on any atom is -0.345 e. The van der Waals surface area contributed by atoms with Crippen molar-refractivity contribution in [1.29, 1.82) is 0 Å². The van der Waals surface area contributed by atoms with Crippen LogP contribution in [-0.4, -0.2) is 17.5 Å². The lowest BCUT2D eigenvalue weighted by Crippen LogP contribution is -2.44. The van der Waals surface area contributed by atoms with Gasteiger partial charge in [0.25, 0.3) is 0 Å². The fraction of sp³-hybridized carbons (Fsp3) is 0.800. The zero-order valence-corrected chi connectivity index (χ0v) is 14.9. The van der Waals surface area contributed by atoms with Gasteiger partial charge in [0.05, 0.1) is 11.7 Å². The molecule has 1 aliphatic carbocycles. The minimum absolute atomic E-state index is 0.0672. The number of hydrogen-bond donors (Lipinski definition) is 0. The Morgan fingerprint density at radius 1 is 1.18 bits per heavy atom. The molecule has 0 radical (unpaired) electrons. The van der Waals surface area contributed by atoms with Gasteiger partial charge < -0.3 is 9.47 Å². The lowest BCUT2D eigenvalue weighted by atomic mass is 9.59. The van der Waals surface area contributed by atoms with E-state index in [1.54, 1.807) is 0 Å². The van der Waals surface area contributed by atoms with Crippen molar-refractivity contribution < 1.29 is 9.47 Å². The van der Waals surface area contributed by atoms with Gasteiger partial charge in [-0.25, -0.2) is 0 Å². The van der Waals surface area contributed by atoms with Gasteiger partial charge in [-0.15, -0.1) is 6.58 Å². The average molecular weight is 304 g/mol. The van der Waals surface area contributed by atoms with Gasteiger partial charge in [0, 0.05) is 18.3 Å². The van der Waals surface area contributed by atoms with Crippen molar-refractivity contribution in [1.82, 2.24) is 0 Å². The number of allylic oxidation sites excluding steroid dienone is 1. The van der Waals surface area contributed by atoms with Crippen LogP contribution in [0.3, 0.4) is 0 Å². The van der Waals surface area contributed by atoms with Crippen molar-refractivity contribution in [3.63, 3.8) is 0 Å². The summed E-state index contributed by atoms with van der Waals surface area (Å²) in [7, 11) is 0. The highest BCUT2D eigenvalue weighted by Crippen LogP contribution is 2.60. The SMILES string of the molecule is C=C[C@@]1(C)CC[C@H]2[C@H](O[C@@]3(CCC(C)(C)O3)[C@@H]2C)[C@H]1C(=C)C. The Morgan fingerprint density at radius 3 is 2.36 bits per heavy atom. The third-order valence-corrected chi connectivity index (χ3v) is 6.67. The number of rotatable bonds is 2. The highest BCUT2D eigenvalue weighted by atomic mass is 16.7. The lowest BCUT2D eigenvalue weighted by Gasteiger charge is -2.46. The summed E-state index contributed by atoms with van der Waals surface area (Å²) >= 11 is 0. The molecule has 0 amide bonds. The van der Waals surface area contributed by atoms with E-state index in [-0.39, 0.29) is 22.9 Å². The molecule has 2 saturated heterocycles. The Kier molecular flexibility index (Phi) is 3.66. The molecule has 22 heavy (non-hydrogen) atoms. The van der Waals surface area contributed by atoms with E-state index in [0.29, 0.717) is 17.8 Å². The van der Waals surface area contributed by atoms with Crippen LogP contribution in [0.15, 0.2) is 24.8 Å². The number of ether oxygens (including phenoxy) is 2. The maximum atomic E-state index is 6.70. The summed E-state index contributed by atoms with van der Waals surface area (Å²) in [6.45, 7) is 19.5. The first-order valence-electron chi connectivity index (χ1n) is 8.81. The van der Waals surface area contributed by atoms with E-state index in [2.05, 4.69) is 53.9 Å². The maximum Gasteiger partial charge on any atom is 0.172 e. The predicted octanol–water partition coefficient (Wildman–Crippen LogP) is 5.10. The van der Waals surface area contributed by atoms with Crippen molar-refractivity contribution in [3.05, 3.63) is 24.8 Å². The van der Waals surface area contributed by atoms with Crippen LogP contribution in [0.5, 0.6) is 0 Å². The number of hydrogen-bond acceptors (Lipinski definition) is 2. The summed E-state index contributed by atoms with van der Waals surface area (Å²) in [4.78, 5) is 0. The molecule has 2 heteroatoms. The van der Waals surface area contributed by atoms with Gasteiger partial charge in [0.15, 0.2) is 5.79 Å². The highest BCUT2D eigenvalue weighted by Gasteiger charge is 2.62. The van der Waals surface area contributed by atoms with Crippen LogP contribution in [0, 0.1) is 23.2 Å². The van der Waals surface area contributed by atoms with Gasteiger partial charge in [0.1, 0.15) is 0 Å². The molecule has 0 aromatic rings. The van der Waals surface area contributed by atoms with Crippen LogP contribution in [0.1, 0.15) is 60.3 Å². The first-order chi connectivity index (χ1) is 10.1. The Balaban J connectivity index is 1.94. The van der Waals surface area contributed by atoms with E-state index in [0.717, 1.165) is 12.8 Å². The molecule has 1 spiro atoms.